The highest BCUT2D eigenvalue weighted by Crippen LogP contribution is 2.25. The molecule has 3 rings (SSSR count). The fourth-order valence-corrected chi connectivity index (χ4v) is 5.91. The third-order valence-electron chi connectivity index (χ3n) is 5.68. The normalized spacial score (nSPS) is 12.0. The van der Waals surface area contributed by atoms with Crippen LogP contribution in [0.5, 0.6) is 0 Å². The summed E-state index contributed by atoms with van der Waals surface area (Å²) in [6.45, 7) is 3.77. The van der Waals surface area contributed by atoms with Crippen molar-refractivity contribution < 1.29 is 18.0 Å². The molecule has 37 heavy (non-hydrogen) atoms. The van der Waals surface area contributed by atoms with Gasteiger partial charge in [-0.25, -0.2) is 8.42 Å². The van der Waals surface area contributed by atoms with Crippen LogP contribution in [0.2, 0.25) is 0 Å². The lowest BCUT2D eigenvalue weighted by molar-refractivity contribution is -0.139. The standard InChI is InChI=1S/C27H29BrIN3O4S/c1-3-16-30-27(34)20(2)31(18-21-8-7-9-22(28)17-21)26(33)19-32(24-14-12-23(29)13-15-24)37(35,36)25-10-5-4-6-11-25/h4-15,17,20H,3,16,18-19H2,1-2H3,(H,30,34). The first kappa shape index (κ1) is 29.1. The van der Waals surface area contributed by atoms with Crippen molar-refractivity contribution >= 4 is 66.0 Å². The van der Waals surface area contributed by atoms with Crippen LogP contribution in [0.1, 0.15) is 25.8 Å². The molecular weight excluding hydrogens is 669 g/mol. The molecule has 0 aliphatic carbocycles. The smallest absolute Gasteiger partial charge is 0.264 e. The van der Waals surface area contributed by atoms with Crippen LogP contribution in [0.3, 0.4) is 0 Å². The van der Waals surface area contributed by atoms with Crippen molar-refractivity contribution in [2.75, 3.05) is 17.4 Å². The Morgan fingerprint density at radius 3 is 2.30 bits per heavy atom. The Labute approximate surface area is 240 Å². The Morgan fingerprint density at radius 2 is 1.68 bits per heavy atom. The third-order valence-corrected chi connectivity index (χ3v) is 8.68. The minimum absolute atomic E-state index is 0.0774. The van der Waals surface area contributed by atoms with Gasteiger partial charge in [-0.3, -0.25) is 13.9 Å². The second-order valence-electron chi connectivity index (χ2n) is 8.42. The summed E-state index contributed by atoms with van der Waals surface area (Å²) in [5, 5.41) is 2.84. The number of carbonyl (C=O) groups is 2. The lowest BCUT2D eigenvalue weighted by Crippen LogP contribution is -2.51. The first-order chi connectivity index (χ1) is 17.6. The predicted molar refractivity (Wildman–Crippen MR) is 158 cm³/mol. The molecule has 0 aromatic heterocycles. The van der Waals surface area contributed by atoms with Crippen molar-refractivity contribution in [3.63, 3.8) is 0 Å². The molecule has 1 unspecified atom stereocenters. The van der Waals surface area contributed by atoms with Crippen LogP contribution in [-0.2, 0) is 26.2 Å². The zero-order valence-corrected chi connectivity index (χ0v) is 25.2. The maximum absolute atomic E-state index is 13.8. The van der Waals surface area contributed by atoms with Crippen molar-refractivity contribution in [2.24, 2.45) is 0 Å². The number of benzene rings is 3. The SMILES string of the molecule is CCCNC(=O)C(C)N(Cc1cccc(Br)c1)C(=O)CN(c1ccc(I)cc1)S(=O)(=O)c1ccccc1. The molecule has 1 N–H and O–H groups in total. The summed E-state index contributed by atoms with van der Waals surface area (Å²) in [6, 6.07) is 21.6. The van der Waals surface area contributed by atoms with Gasteiger partial charge in [0.05, 0.1) is 10.6 Å². The monoisotopic (exact) mass is 697 g/mol. The van der Waals surface area contributed by atoms with E-state index in [1.807, 2.05) is 31.2 Å². The van der Waals surface area contributed by atoms with E-state index >= 15 is 0 Å². The summed E-state index contributed by atoms with van der Waals surface area (Å²) >= 11 is 5.59. The molecule has 0 aliphatic heterocycles. The van der Waals surface area contributed by atoms with Crippen LogP contribution in [0.4, 0.5) is 5.69 Å². The van der Waals surface area contributed by atoms with E-state index in [4.69, 9.17) is 0 Å². The van der Waals surface area contributed by atoms with Gasteiger partial charge in [0.25, 0.3) is 10.0 Å². The molecule has 0 heterocycles. The summed E-state index contributed by atoms with van der Waals surface area (Å²) in [6.07, 6.45) is 0.758. The molecule has 0 saturated carbocycles. The molecule has 7 nitrogen and oxygen atoms in total. The first-order valence-corrected chi connectivity index (χ1v) is 15.1. The van der Waals surface area contributed by atoms with Crippen molar-refractivity contribution in [3.05, 3.63) is 92.5 Å². The van der Waals surface area contributed by atoms with Crippen LogP contribution in [0, 0.1) is 3.57 Å². The Balaban J connectivity index is 2.00. The molecule has 0 aliphatic rings. The lowest BCUT2D eigenvalue weighted by Gasteiger charge is -2.32. The van der Waals surface area contributed by atoms with Gasteiger partial charge < -0.3 is 10.2 Å². The number of anilines is 1. The van der Waals surface area contributed by atoms with Gasteiger partial charge >= 0.3 is 0 Å². The van der Waals surface area contributed by atoms with Gasteiger partial charge in [0.1, 0.15) is 12.6 Å². The van der Waals surface area contributed by atoms with E-state index in [0.717, 1.165) is 24.3 Å². The van der Waals surface area contributed by atoms with E-state index in [2.05, 4.69) is 43.8 Å². The van der Waals surface area contributed by atoms with E-state index < -0.39 is 28.5 Å². The summed E-state index contributed by atoms with van der Waals surface area (Å²) in [7, 11) is -4.06. The number of sulfonamides is 1. The number of carbonyl (C=O) groups excluding carboxylic acids is 2. The number of nitrogens with one attached hydrogen (secondary N) is 1. The zero-order valence-electron chi connectivity index (χ0n) is 20.6. The van der Waals surface area contributed by atoms with Gasteiger partial charge in [0.15, 0.2) is 0 Å². The molecular formula is C27H29BrIN3O4S. The van der Waals surface area contributed by atoms with Gasteiger partial charge in [0, 0.05) is 21.1 Å². The average molecular weight is 698 g/mol. The van der Waals surface area contributed by atoms with Crippen LogP contribution >= 0.6 is 38.5 Å². The van der Waals surface area contributed by atoms with Gasteiger partial charge in [-0.1, -0.05) is 53.2 Å². The third kappa shape index (κ3) is 7.78. The Kier molecular flexibility index (Phi) is 10.5. The maximum atomic E-state index is 13.8. The molecule has 196 valence electrons. The summed E-state index contributed by atoms with van der Waals surface area (Å²) in [5.41, 5.74) is 1.17. The van der Waals surface area contributed by atoms with Crippen molar-refractivity contribution in [3.8, 4) is 0 Å². The van der Waals surface area contributed by atoms with Crippen LogP contribution in [0.15, 0.2) is 88.2 Å². The number of hydrogen-bond donors (Lipinski definition) is 1. The number of amides is 2. The van der Waals surface area contributed by atoms with E-state index in [9.17, 15) is 18.0 Å². The van der Waals surface area contributed by atoms with E-state index in [0.29, 0.717) is 12.2 Å². The number of nitrogens with zero attached hydrogens (tertiary/aromatic N) is 2. The molecule has 0 saturated heterocycles. The highest BCUT2D eigenvalue weighted by atomic mass is 127. The molecule has 0 bridgehead atoms. The van der Waals surface area contributed by atoms with Gasteiger partial charge in [0.2, 0.25) is 11.8 Å². The zero-order chi connectivity index (χ0) is 27.0. The van der Waals surface area contributed by atoms with Crippen molar-refractivity contribution in [2.45, 2.75) is 37.8 Å². The van der Waals surface area contributed by atoms with E-state index in [1.165, 1.54) is 17.0 Å². The van der Waals surface area contributed by atoms with Gasteiger partial charge in [-0.2, -0.15) is 0 Å². The quantitative estimate of drug-likeness (QED) is 0.280. The fourth-order valence-electron chi connectivity index (χ4n) is 3.67. The second kappa shape index (κ2) is 13.4. The topological polar surface area (TPSA) is 86.8 Å². The minimum Gasteiger partial charge on any atom is -0.354 e. The molecule has 2 amide bonds. The molecule has 3 aromatic carbocycles. The van der Waals surface area contributed by atoms with Crippen LogP contribution in [-0.4, -0.2) is 44.3 Å². The van der Waals surface area contributed by atoms with E-state index in [-0.39, 0.29) is 17.3 Å². The summed E-state index contributed by atoms with van der Waals surface area (Å²) < 4.78 is 30.3. The number of rotatable bonds is 11. The van der Waals surface area contributed by atoms with Gasteiger partial charge in [-0.05, 0) is 90.0 Å². The highest BCUT2D eigenvalue weighted by Gasteiger charge is 2.32. The molecule has 10 heteroatoms. The molecule has 0 radical (unpaired) electrons. The largest absolute Gasteiger partial charge is 0.354 e. The van der Waals surface area contributed by atoms with Gasteiger partial charge in [-0.15, -0.1) is 0 Å². The van der Waals surface area contributed by atoms with Crippen molar-refractivity contribution in [1.82, 2.24) is 10.2 Å². The van der Waals surface area contributed by atoms with Crippen molar-refractivity contribution in [1.29, 1.82) is 0 Å². The average Bonchev–Trinajstić information content (AvgIpc) is 2.89. The predicted octanol–water partition coefficient (Wildman–Crippen LogP) is 5.19. The summed E-state index contributed by atoms with van der Waals surface area (Å²) in [5.74, 6) is -0.783. The Hall–Kier alpha value is -2.44. The molecule has 1 atom stereocenters. The van der Waals surface area contributed by atoms with Crippen LogP contribution < -0.4 is 9.62 Å². The highest BCUT2D eigenvalue weighted by molar-refractivity contribution is 14.1. The number of hydrogen-bond acceptors (Lipinski definition) is 4. The minimum atomic E-state index is -4.06. The Morgan fingerprint density at radius 1 is 1.00 bits per heavy atom. The Bertz CT molecular complexity index is 1320. The number of halogens is 2. The summed E-state index contributed by atoms with van der Waals surface area (Å²) in [4.78, 5) is 28.2. The molecule has 0 spiro atoms. The lowest BCUT2D eigenvalue weighted by atomic mass is 10.1. The second-order valence-corrected chi connectivity index (χ2v) is 12.4. The van der Waals surface area contributed by atoms with E-state index in [1.54, 1.807) is 49.4 Å². The molecule has 0 fully saturated rings. The first-order valence-electron chi connectivity index (χ1n) is 11.8. The fraction of sp³-hybridized carbons (Fsp3) is 0.259. The van der Waals surface area contributed by atoms with Crippen LogP contribution in [0.25, 0.3) is 0 Å². The molecule has 3 aromatic rings. The maximum Gasteiger partial charge on any atom is 0.264 e.